The lowest BCUT2D eigenvalue weighted by atomic mass is 9.88. The smallest absolute Gasteiger partial charge is 0.387 e. The third kappa shape index (κ3) is 4.23. The molecule has 1 N–H and O–H groups in total. The highest BCUT2D eigenvalue weighted by Crippen LogP contribution is 2.34. The second-order valence-electron chi connectivity index (χ2n) is 5.71. The number of hydrogen-bond donors (Lipinski definition) is 1. The molecule has 0 saturated heterocycles. The average Bonchev–Trinajstić information content (AvgIpc) is 2.55. The van der Waals surface area contributed by atoms with Gasteiger partial charge in [0.1, 0.15) is 0 Å². The summed E-state index contributed by atoms with van der Waals surface area (Å²) >= 11 is 3.43. The molecule has 0 aliphatic heterocycles. The number of aromatic nitrogens is 1. The van der Waals surface area contributed by atoms with Crippen molar-refractivity contribution in [1.29, 1.82) is 0 Å². The van der Waals surface area contributed by atoms with Crippen molar-refractivity contribution < 1.29 is 22.3 Å². The van der Waals surface area contributed by atoms with E-state index >= 15 is 0 Å². The van der Waals surface area contributed by atoms with Crippen LogP contribution >= 0.6 is 15.9 Å². The summed E-state index contributed by atoms with van der Waals surface area (Å²) in [6.45, 7) is -3.12. The number of aryl methyl sites for hydroxylation is 1. The summed E-state index contributed by atoms with van der Waals surface area (Å²) in [5, 5.41) is 0. The van der Waals surface area contributed by atoms with E-state index in [2.05, 4.69) is 30.6 Å². The van der Waals surface area contributed by atoms with E-state index in [0.29, 0.717) is 0 Å². The molecular formula is C17H15BrF4N2O. The third-order valence-corrected chi connectivity index (χ3v) is 4.54. The van der Waals surface area contributed by atoms with Crippen LogP contribution < -0.4 is 10.2 Å². The van der Waals surface area contributed by atoms with Crippen LogP contribution in [0.1, 0.15) is 42.0 Å². The van der Waals surface area contributed by atoms with E-state index < -0.39 is 18.6 Å². The first-order valence-electron chi connectivity index (χ1n) is 7.72. The number of ether oxygens (including phenoxy) is 1. The monoisotopic (exact) mass is 418 g/mol. The van der Waals surface area contributed by atoms with Crippen LogP contribution in [0.15, 0.2) is 39.9 Å². The Hall–Kier alpha value is -1.83. The molecule has 1 heterocycles. The van der Waals surface area contributed by atoms with E-state index in [1.807, 2.05) is 18.2 Å². The summed E-state index contributed by atoms with van der Waals surface area (Å²) in [6.07, 6.45) is 0.825. The number of halogens is 5. The van der Waals surface area contributed by atoms with Crippen molar-refractivity contribution in [1.82, 2.24) is 4.98 Å². The fourth-order valence-corrected chi connectivity index (χ4v) is 3.35. The maximum atomic E-state index is 12.8. The second-order valence-corrected chi connectivity index (χ2v) is 6.62. The molecule has 1 aromatic carbocycles. The Morgan fingerprint density at radius 2 is 2.00 bits per heavy atom. The Morgan fingerprint density at radius 3 is 2.72 bits per heavy atom. The van der Waals surface area contributed by atoms with Crippen LogP contribution in [-0.4, -0.2) is 11.6 Å². The summed E-state index contributed by atoms with van der Waals surface area (Å²) in [6, 6.07) is 6.50. The second kappa shape index (κ2) is 7.59. The first-order valence-corrected chi connectivity index (χ1v) is 8.51. The van der Waals surface area contributed by atoms with Crippen LogP contribution in [0.5, 0.6) is 5.75 Å². The van der Waals surface area contributed by atoms with Gasteiger partial charge in [0, 0.05) is 16.2 Å². The predicted octanol–water partition coefficient (Wildman–Crippen LogP) is 5.29. The molecule has 1 atom stereocenters. The van der Waals surface area contributed by atoms with E-state index in [1.165, 1.54) is 0 Å². The Balaban J connectivity index is 2.04. The van der Waals surface area contributed by atoms with Gasteiger partial charge in [0.15, 0.2) is 11.2 Å². The van der Waals surface area contributed by atoms with Gasteiger partial charge in [-0.1, -0.05) is 22.0 Å². The number of nitrogens with zero attached hydrogens (tertiary/aromatic N) is 1. The first kappa shape index (κ1) is 18.0. The molecule has 0 amide bonds. The number of hydrogen-bond acceptors (Lipinski definition) is 2. The minimum atomic E-state index is -3.12. The molecule has 0 fully saturated rings. The number of alkyl halides is 4. The van der Waals surface area contributed by atoms with Gasteiger partial charge in [0.2, 0.25) is 0 Å². The third-order valence-electron chi connectivity index (χ3n) is 4.05. The number of H-pyrrole nitrogens is 1. The van der Waals surface area contributed by atoms with Gasteiger partial charge in [0.05, 0.1) is 6.04 Å². The number of benzene rings is 1. The van der Waals surface area contributed by atoms with Gasteiger partial charge in [-0.05, 0) is 48.6 Å². The molecule has 0 saturated carbocycles. The van der Waals surface area contributed by atoms with Crippen molar-refractivity contribution in [3.05, 3.63) is 57.1 Å². The zero-order valence-corrected chi connectivity index (χ0v) is 14.6. The lowest BCUT2D eigenvalue weighted by Crippen LogP contribution is -2.19. The Bertz CT molecular complexity index is 823. The van der Waals surface area contributed by atoms with Crippen LogP contribution in [0.4, 0.5) is 17.6 Å². The van der Waals surface area contributed by atoms with Crippen molar-refractivity contribution in [2.24, 2.45) is 4.99 Å². The lowest BCUT2D eigenvalue weighted by Gasteiger charge is -2.22. The minimum Gasteiger partial charge on any atom is -0.431 e. The summed E-state index contributed by atoms with van der Waals surface area (Å²) in [5.41, 5.74) is 1.74. The topological polar surface area (TPSA) is 37.4 Å². The summed E-state index contributed by atoms with van der Waals surface area (Å²) in [7, 11) is 0. The van der Waals surface area contributed by atoms with Crippen LogP contribution in [0.25, 0.3) is 0 Å². The SMILES string of the molecule is FC(F)Oc1cc(C(F)F)c[nH]/c1=N\C1CCCc2cc(Br)ccc21. The van der Waals surface area contributed by atoms with Crippen molar-refractivity contribution in [2.75, 3.05) is 0 Å². The number of rotatable bonds is 4. The Labute approximate surface area is 149 Å². The molecule has 2 aromatic rings. The maximum Gasteiger partial charge on any atom is 0.387 e. The zero-order chi connectivity index (χ0) is 18.0. The largest absolute Gasteiger partial charge is 0.431 e. The van der Waals surface area contributed by atoms with Gasteiger partial charge in [-0.2, -0.15) is 8.78 Å². The Kier molecular flexibility index (Phi) is 5.46. The quantitative estimate of drug-likeness (QED) is 0.672. The highest BCUT2D eigenvalue weighted by Gasteiger charge is 2.21. The van der Waals surface area contributed by atoms with Crippen LogP contribution in [0.3, 0.4) is 0 Å². The van der Waals surface area contributed by atoms with Crippen molar-refractivity contribution in [3.8, 4) is 5.75 Å². The summed E-state index contributed by atoms with van der Waals surface area (Å²) in [4.78, 5) is 7.04. The van der Waals surface area contributed by atoms with E-state index in [0.717, 1.165) is 47.1 Å². The van der Waals surface area contributed by atoms with Gasteiger partial charge < -0.3 is 9.72 Å². The first-order chi connectivity index (χ1) is 11.9. The van der Waals surface area contributed by atoms with Crippen LogP contribution in [-0.2, 0) is 6.42 Å². The van der Waals surface area contributed by atoms with Crippen molar-refractivity contribution in [2.45, 2.75) is 38.3 Å². The highest BCUT2D eigenvalue weighted by atomic mass is 79.9. The molecule has 0 bridgehead atoms. The Morgan fingerprint density at radius 1 is 1.20 bits per heavy atom. The molecular weight excluding hydrogens is 404 g/mol. The number of fused-ring (bicyclic) bond motifs is 1. The molecule has 3 nitrogen and oxygen atoms in total. The average molecular weight is 419 g/mol. The predicted molar refractivity (Wildman–Crippen MR) is 87.8 cm³/mol. The fourth-order valence-electron chi connectivity index (χ4n) is 2.94. The number of aromatic amines is 1. The molecule has 1 aromatic heterocycles. The number of nitrogens with one attached hydrogen (secondary N) is 1. The molecule has 0 spiro atoms. The van der Waals surface area contributed by atoms with Gasteiger partial charge in [-0.15, -0.1) is 0 Å². The van der Waals surface area contributed by atoms with Crippen molar-refractivity contribution >= 4 is 15.9 Å². The molecule has 1 aliphatic carbocycles. The van der Waals surface area contributed by atoms with Gasteiger partial charge in [-0.25, -0.2) is 8.78 Å². The highest BCUT2D eigenvalue weighted by molar-refractivity contribution is 9.10. The lowest BCUT2D eigenvalue weighted by molar-refractivity contribution is -0.0513. The molecule has 1 aliphatic rings. The van der Waals surface area contributed by atoms with E-state index in [4.69, 9.17) is 0 Å². The molecule has 1 unspecified atom stereocenters. The van der Waals surface area contributed by atoms with Gasteiger partial charge in [0.25, 0.3) is 6.43 Å². The standard InChI is InChI=1S/C17H15BrF4N2O/c18-11-4-5-12-9(6-11)2-1-3-13(12)24-16-14(25-17(21)22)7-10(8-23-16)15(19)20/h4-8,13,15,17H,1-3H2,(H,23,24). The molecule has 134 valence electrons. The minimum absolute atomic E-state index is 0.0328. The van der Waals surface area contributed by atoms with Crippen LogP contribution in [0.2, 0.25) is 0 Å². The van der Waals surface area contributed by atoms with Gasteiger partial charge >= 0.3 is 6.61 Å². The molecule has 25 heavy (non-hydrogen) atoms. The van der Waals surface area contributed by atoms with Gasteiger partial charge in [-0.3, -0.25) is 4.99 Å². The normalized spacial score (nSPS) is 17.9. The maximum absolute atomic E-state index is 12.8. The van der Waals surface area contributed by atoms with E-state index in [9.17, 15) is 17.6 Å². The zero-order valence-electron chi connectivity index (χ0n) is 13.0. The van der Waals surface area contributed by atoms with E-state index in [1.54, 1.807) is 0 Å². The summed E-state index contributed by atoms with van der Waals surface area (Å²) in [5.74, 6) is -0.378. The fraction of sp³-hybridized carbons (Fsp3) is 0.353. The summed E-state index contributed by atoms with van der Waals surface area (Å²) < 4.78 is 56.2. The van der Waals surface area contributed by atoms with E-state index in [-0.39, 0.29) is 17.3 Å². The molecule has 8 heteroatoms. The molecule has 3 rings (SSSR count). The molecule has 0 radical (unpaired) electrons. The van der Waals surface area contributed by atoms with Crippen LogP contribution in [0, 0.1) is 0 Å². The van der Waals surface area contributed by atoms with Crippen molar-refractivity contribution in [3.63, 3.8) is 0 Å². The number of pyridine rings is 1.